The normalized spacial score (nSPS) is 14.3. The molecule has 0 heterocycles. The van der Waals surface area contributed by atoms with E-state index in [9.17, 15) is 15.0 Å². The van der Waals surface area contributed by atoms with Crippen LogP contribution in [0.4, 0.5) is 0 Å². The van der Waals surface area contributed by atoms with E-state index < -0.39 is 18.1 Å². The molecule has 7 heteroatoms. The van der Waals surface area contributed by atoms with E-state index in [0.717, 1.165) is 9.65 Å². The summed E-state index contributed by atoms with van der Waals surface area (Å²) in [5.74, 6) is -0.795. The lowest BCUT2D eigenvalue weighted by Crippen LogP contribution is -2.21. The van der Waals surface area contributed by atoms with Crippen molar-refractivity contribution >= 4 is 28.5 Å². The van der Waals surface area contributed by atoms with Crippen LogP contribution in [0.3, 0.4) is 0 Å². The minimum absolute atomic E-state index is 0.0602. The predicted molar refractivity (Wildman–Crippen MR) is 75.6 cm³/mol. The summed E-state index contributed by atoms with van der Waals surface area (Å²) in [6, 6.07) is 4.78. The van der Waals surface area contributed by atoms with Gasteiger partial charge in [-0.3, -0.25) is 10.0 Å². The lowest BCUT2D eigenvalue weighted by Gasteiger charge is -2.19. The van der Waals surface area contributed by atoms with E-state index in [2.05, 4.69) is 22.6 Å². The van der Waals surface area contributed by atoms with Gasteiger partial charge in [0, 0.05) is 22.3 Å². The standard InChI is InChI=1S/C12H14INO5/c1-19-10(4-5-11(16)14-18)12(17)8-6-7(13)2-3-9(8)15/h2-6,10,12,15,17-18H,1H3,(H,14,16)/b5-4+/t10-,12-/m0/s1. The van der Waals surface area contributed by atoms with Gasteiger partial charge in [-0.15, -0.1) is 0 Å². The third-order valence-corrected chi connectivity index (χ3v) is 3.11. The van der Waals surface area contributed by atoms with E-state index in [-0.39, 0.29) is 5.75 Å². The highest BCUT2D eigenvalue weighted by Gasteiger charge is 2.21. The molecule has 0 saturated carbocycles. The number of phenolic OH excluding ortho intramolecular Hbond substituents is 1. The fourth-order valence-corrected chi connectivity index (χ4v) is 1.99. The van der Waals surface area contributed by atoms with Gasteiger partial charge < -0.3 is 14.9 Å². The maximum atomic E-state index is 10.9. The van der Waals surface area contributed by atoms with Crippen LogP contribution in [-0.4, -0.2) is 34.5 Å². The molecule has 0 aliphatic rings. The van der Waals surface area contributed by atoms with Gasteiger partial charge in [-0.25, -0.2) is 5.48 Å². The number of nitrogens with one attached hydrogen (secondary N) is 1. The first-order valence-corrected chi connectivity index (χ1v) is 6.39. The van der Waals surface area contributed by atoms with Crippen LogP contribution in [0.1, 0.15) is 11.7 Å². The Labute approximate surface area is 123 Å². The number of carbonyl (C=O) groups is 1. The zero-order valence-electron chi connectivity index (χ0n) is 10.1. The Kier molecular flexibility index (Phi) is 6.22. The molecule has 4 N–H and O–H groups in total. The Hall–Kier alpha value is -1.16. The fraction of sp³-hybridized carbons (Fsp3) is 0.250. The molecule has 0 radical (unpaired) electrons. The highest BCUT2D eigenvalue weighted by molar-refractivity contribution is 14.1. The van der Waals surface area contributed by atoms with Crippen molar-refractivity contribution < 1.29 is 25.0 Å². The molecule has 1 aromatic carbocycles. The second-order valence-corrected chi connectivity index (χ2v) is 4.93. The number of aliphatic hydroxyl groups is 1. The number of methoxy groups -OCH3 is 1. The first-order valence-electron chi connectivity index (χ1n) is 5.31. The molecule has 0 aliphatic carbocycles. The van der Waals surface area contributed by atoms with Crippen LogP contribution < -0.4 is 5.48 Å². The Morgan fingerprint density at radius 2 is 2.21 bits per heavy atom. The van der Waals surface area contributed by atoms with Gasteiger partial charge in [-0.1, -0.05) is 0 Å². The number of phenols is 1. The second-order valence-electron chi connectivity index (χ2n) is 3.68. The summed E-state index contributed by atoms with van der Waals surface area (Å²) < 4.78 is 5.89. The molecule has 1 amide bonds. The van der Waals surface area contributed by atoms with Gasteiger partial charge in [-0.2, -0.15) is 0 Å². The predicted octanol–water partition coefficient (Wildman–Crippen LogP) is 1.11. The fourth-order valence-electron chi connectivity index (χ4n) is 1.47. The monoisotopic (exact) mass is 379 g/mol. The van der Waals surface area contributed by atoms with E-state index in [4.69, 9.17) is 9.94 Å². The van der Waals surface area contributed by atoms with Crippen LogP contribution in [-0.2, 0) is 9.53 Å². The minimum Gasteiger partial charge on any atom is -0.508 e. The molecule has 0 aliphatic heterocycles. The van der Waals surface area contributed by atoms with Crippen molar-refractivity contribution in [1.82, 2.24) is 5.48 Å². The highest BCUT2D eigenvalue weighted by atomic mass is 127. The molecule has 2 atom stereocenters. The van der Waals surface area contributed by atoms with Crippen molar-refractivity contribution in [2.45, 2.75) is 12.2 Å². The van der Waals surface area contributed by atoms with Gasteiger partial charge in [0.25, 0.3) is 5.91 Å². The Balaban J connectivity index is 2.95. The first kappa shape index (κ1) is 15.9. The third-order valence-electron chi connectivity index (χ3n) is 2.44. The molecule has 0 aromatic heterocycles. The van der Waals surface area contributed by atoms with Gasteiger partial charge in [-0.05, 0) is 46.9 Å². The van der Waals surface area contributed by atoms with Crippen LogP contribution in [0.5, 0.6) is 5.75 Å². The average molecular weight is 379 g/mol. The average Bonchev–Trinajstić information content (AvgIpc) is 2.41. The molecule has 1 aromatic rings. The number of amides is 1. The number of ether oxygens (including phenoxy) is 1. The zero-order chi connectivity index (χ0) is 14.4. The SMILES string of the molecule is CO[C@@H](/C=C/C(=O)NO)[C@@H](O)c1cc(I)ccc1O. The highest BCUT2D eigenvalue weighted by Crippen LogP contribution is 2.29. The molecule has 0 fully saturated rings. The Morgan fingerprint density at radius 1 is 1.53 bits per heavy atom. The van der Waals surface area contributed by atoms with Crippen molar-refractivity contribution in [2.24, 2.45) is 0 Å². The minimum atomic E-state index is -1.14. The van der Waals surface area contributed by atoms with Crippen molar-refractivity contribution in [3.63, 3.8) is 0 Å². The third kappa shape index (κ3) is 4.46. The quantitative estimate of drug-likeness (QED) is 0.266. The second kappa shape index (κ2) is 7.43. The lowest BCUT2D eigenvalue weighted by molar-refractivity contribution is -0.124. The maximum Gasteiger partial charge on any atom is 0.267 e. The molecule has 104 valence electrons. The summed E-state index contributed by atoms with van der Waals surface area (Å²) in [4.78, 5) is 10.9. The number of rotatable bonds is 5. The molecular formula is C12H14INO5. The molecule has 0 spiro atoms. The first-order chi connectivity index (χ1) is 8.99. The number of hydrogen-bond donors (Lipinski definition) is 4. The van der Waals surface area contributed by atoms with E-state index in [1.807, 2.05) is 0 Å². The van der Waals surface area contributed by atoms with E-state index in [0.29, 0.717) is 5.56 Å². The summed E-state index contributed by atoms with van der Waals surface area (Å²) in [5.41, 5.74) is 1.73. The maximum absolute atomic E-state index is 10.9. The van der Waals surface area contributed by atoms with Crippen molar-refractivity contribution in [3.8, 4) is 5.75 Å². The summed E-state index contributed by atoms with van der Waals surface area (Å²) in [6.45, 7) is 0. The Morgan fingerprint density at radius 3 is 2.79 bits per heavy atom. The summed E-state index contributed by atoms with van der Waals surface area (Å²) in [7, 11) is 1.36. The van der Waals surface area contributed by atoms with Crippen LogP contribution in [0, 0.1) is 3.57 Å². The smallest absolute Gasteiger partial charge is 0.267 e. The van der Waals surface area contributed by atoms with Crippen molar-refractivity contribution in [3.05, 3.63) is 39.5 Å². The molecule has 19 heavy (non-hydrogen) atoms. The lowest BCUT2D eigenvalue weighted by atomic mass is 10.0. The van der Waals surface area contributed by atoms with Crippen LogP contribution >= 0.6 is 22.6 Å². The van der Waals surface area contributed by atoms with E-state index in [1.54, 1.807) is 12.1 Å². The van der Waals surface area contributed by atoms with Gasteiger partial charge in [0.2, 0.25) is 0 Å². The summed E-state index contributed by atoms with van der Waals surface area (Å²) >= 11 is 2.05. The number of aromatic hydroxyl groups is 1. The van der Waals surface area contributed by atoms with Crippen molar-refractivity contribution in [2.75, 3.05) is 7.11 Å². The van der Waals surface area contributed by atoms with E-state index in [1.165, 1.54) is 24.7 Å². The largest absolute Gasteiger partial charge is 0.508 e. The molecule has 0 unspecified atom stereocenters. The van der Waals surface area contributed by atoms with Crippen LogP contribution in [0.25, 0.3) is 0 Å². The molecule has 6 nitrogen and oxygen atoms in total. The summed E-state index contributed by atoms with van der Waals surface area (Å²) in [6.07, 6.45) is 0.349. The van der Waals surface area contributed by atoms with Crippen molar-refractivity contribution in [1.29, 1.82) is 0 Å². The van der Waals surface area contributed by atoms with Crippen LogP contribution in [0.15, 0.2) is 30.4 Å². The number of carbonyl (C=O) groups excluding carboxylic acids is 1. The van der Waals surface area contributed by atoms with Gasteiger partial charge in [0.15, 0.2) is 0 Å². The van der Waals surface area contributed by atoms with E-state index >= 15 is 0 Å². The number of halogens is 1. The molecule has 1 rings (SSSR count). The number of hydrogen-bond acceptors (Lipinski definition) is 5. The molecule has 0 saturated heterocycles. The van der Waals surface area contributed by atoms with Gasteiger partial charge in [0.1, 0.15) is 18.0 Å². The molecular weight excluding hydrogens is 365 g/mol. The molecule has 0 bridgehead atoms. The number of benzene rings is 1. The van der Waals surface area contributed by atoms with Gasteiger partial charge >= 0.3 is 0 Å². The zero-order valence-corrected chi connectivity index (χ0v) is 12.2. The van der Waals surface area contributed by atoms with Gasteiger partial charge in [0.05, 0.1) is 0 Å². The summed E-state index contributed by atoms with van der Waals surface area (Å²) in [5, 5.41) is 28.2. The number of aliphatic hydroxyl groups excluding tert-OH is 1. The van der Waals surface area contributed by atoms with Crippen LogP contribution in [0.2, 0.25) is 0 Å². The topological polar surface area (TPSA) is 99.0 Å². The Bertz CT molecular complexity index is 477. The number of hydroxylamine groups is 1.